The van der Waals surface area contributed by atoms with Crippen LogP contribution in [-0.4, -0.2) is 35.8 Å². The Morgan fingerprint density at radius 1 is 1.17 bits per heavy atom. The number of imide groups is 1. The Labute approximate surface area is 137 Å². The highest BCUT2D eigenvalue weighted by atomic mass is 16.2. The maximum absolute atomic E-state index is 12.7. The molecule has 2 aliphatic heterocycles. The zero-order valence-electron chi connectivity index (χ0n) is 14.3. The number of piperidine rings is 2. The highest BCUT2D eigenvalue weighted by molar-refractivity contribution is 6.07. The van der Waals surface area contributed by atoms with E-state index in [1.807, 2.05) is 25.7 Å². The molecule has 2 amide bonds. The zero-order chi connectivity index (χ0) is 17.5. The van der Waals surface area contributed by atoms with Crippen LogP contribution in [0.5, 0.6) is 0 Å². The Kier molecular flexibility index (Phi) is 4.26. The fourth-order valence-electron chi connectivity index (χ4n) is 4.08. The van der Waals surface area contributed by atoms with Gasteiger partial charge in [-0.15, -0.1) is 0 Å². The lowest BCUT2D eigenvalue weighted by molar-refractivity contribution is -0.179. The number of carbonyl (C=O) groups excluding carboxylic acids is 2. The first-order chi connectivity index (χ1) is 10.7. The lowest BCUT2D eigenvalue weighted by atomic mass is 9.45. The molecule has 0 radical (unpaired) electrons. The van der Waals surface area contributed by atoms with Crippen LogP contribution in [0, 0.1) is 38.9 Å². The highest BCUT2D eigenvalue weighted by Gasteiger charge is 2.74. The third-order valence-corrected chi connectivity index (χ3v) is 5.91. The van der Waals surface area contributed by atoms with E-state index in [0.29, 0.717) is 6.42 Å². The van der Waals surface area contributed by atoms with Crippen molar-refractivity contribution < 1.29 is 9.59 Å². The molecule has 0 aromatic carbocycles. The molecule has 1 N–H and O–H groups in total. The molecule has 2 heterocycles. The minimum Gasteiger partial charge on any atom is -0.297 e. The first kappa shape index (κ1) is 17.4. The molecular formula is C17H24N4O2. The van der Waals surface area contributed by atoms with Gasteiger partial charge in [-0.2, -0.15) is 10.5 Å². The van der Waals surface area contributed by atoms with E-state index < -0.39 is 28.1 Å². The maximum Gasteiger partial charge on any atom is 0.249 e. The molecule has 0 aromatic heterocycles. The molecule has 2 unspecified atom stereocenters. The maximum atomic E-state index is 12.7. The number of carbonyl (C=O) groups is 2. The molecule has 6 nitrogen and oxygen atoms in total. The summed E-state index contributed by atoms with van der Waals surface area (Å²) in [5.41, 5.74) is -3.74. The predicted octanol–water partition coefficient (Wildman–Crippen LogP) is 1.58. The molecule has 2 bridgehead atoms. The van der Waals surface area contributed by atoms with E-state index in [1.165, 1.54) is 0 Å². The fourth-order valence-corrected chi connectivity index (χ4v) is 4.08. The van der Waals surface area contributed by atoms with Gasteiger partial charge in [0.2, 0.25) is 11.8 Å². The predicted molar refractivity (Wildman–Crippen MR) is 83.6 cm³/mol. The second-order valence-corrected chi connectivity index (χ2v) is 7.25. The Morgan fingerprint density at radius 2 is 1.65 bits per heavy atom. The lowest BCUT2D eigenvalue weighted by Crippen LogP contribution is -2.77. The number of unbranched alkanes of at least 4 members (excludes halogenated alkanes) is 1. The Balaban J connectivity index is 2.71. The first-order valence-electron chi connectivity index (χ1n) is 8.17. The monoisotopic (exact) mass is 316 g/mol. The van der Waals surface area contributed by atoms with Gasteiger partial charge in [-0.05, 0) is 20.3 Å². The van der Waals surface area contributed by atoms with Crippen molar-refractivity contribution in [3.8, 4) is 12.1 Å². The van der Waals surface area contributed by atoms with Crippen molar-refractivity contribution in [3.63, 3.8) is 0 Å². The average Bonchev–Trinajstić information content (AvgIpc) is 2.51. The van der Waals surface area contributed by atoms with Crippen LogP contribution in [0.1, 0.15) is 47.0 Å². The Hall–Kier alpha value is -1.92. The molecule has 2 saturated heterocycles. The van der Waals surface area contributed by atoms with Crippen molar-refractivity contribution in [2.75, 3.05) is 13.1 Å². The number of nitrogens with one attached hydrogen (secondary N) is 1. The van der Waals surface area contributed by atoms with Gasteiger partial charge in [-0.1, -0.05) is 26.7 Å². The molecule has 0 aliphatic carbocycles. The molecule has 6 heteroatoms. The number of fused-ring (bicyclic) bond motifs is 2. The molecular weight excluding hydrogens is 292 g/mol. The molecule has 0 spiro atoms. The lowest BCUT2D eigenvalue weighted by Gasteiger charge is -2.60. The topological polar surface area (TPSA) is 97.0 Å². The molecule has 23 heavy (non-hydrogen) atoms. The second-order valence-electron chi connectivity index (χ2n) is 7.25. The van der Waals surface area contributed by atoms with Crippen molar-refractivity contribution in [2.24, 2.45) is 16.2 Å². The highest BCUT2D eigenvalue weighted by Crippen LogP contribution is 2.60. The quantitative estimate of drug-likeness (QED) is 0.794. The van der Waals surface area contributed by atoms with Gasteiger partial charge < -0.3 is 0 Å². The number of hydrogen-bond acceptors (Lipinski definition) is 5. The fraction of sp³-hybridized carbons (Fsp3) is 0.765. The van der Waals surface area contributed by atoms with E-state index in [9.17, 15) is 20.1 Å². The number of rotatable bonds is 4. The van der Waals surface area contributed by atoms with Crippen molar-refractivity contribution in [2.45, 2.75) is 53.0 Å². The van der Waals surface area contributed by atoms with Gasteiger partial charge >= 0.3 is 0 Å². The first-order valence-corrected chi connectivity index (χ1v) is 8.17. The van der Waals surface area contributed by atoms with Crippen molar-refractivity contribution in [3.05, 3.63) is 0 Å². The van der Waals surface area contributed by atoms with Crippen molar-refractivity contribution in [1.82, 2.24) is 10.2 Å². The van der Waals surface area contributed by atoms with Crippen LogP contribution in [0.4, 0.5) is 0 Å². The number of nitrogens with zero attached hydrogens (tertiary/aromatic N) is 3. The average molecular weight is 316 g/mol. The van der Waals surface area contributed by atoms with Gasteiger partial charge in [0.1, 0.15) is 0 Å². The number of amides is 2. The molecule has 2 fully saturated rings. The standard InChI is InChI=1S/C17H24N4O2/c1-5-6-7-15(4)16(8-18)10-21(12(2)3)11-17(15,9-19)14(23)20-13(16)22/h12H,5-7,10-11H2,1-4H3,(H,20,22,23). The molecule has 2 aliphatic rings. The summed E-state index contributed by atoms with van der Waals surface area (Å²) in [4.78, 5) is 27.3. The van der Waals surface area contributed by atoms with Crippen molar-refractivity contribution >= 4 is 11.8 Å². The largest absolute Gasteiger partial charge is 0.297 e. The van der Waals surface area contributed by atoms with Crippen LogP contribution in [0.2, 0.25) is 0 Å². The summed E-state index contributed by atoms with van der Waals surface area (Å²) in [5.74, 6) is -1.11. The van der Waals surface area contributed by atoms with Crippen LogP contribution >= 0.6 is 0 Å². The summed E-state index contributed by atoms with van der Waals surface area (Å²) in [7, 11) is 0. The normalized spacial score (nSPS) is 37.2. The van der Waals surface area contributed by atoms with Gasteiger partial charge in [-0.25, -0.2) is 0 Å². The summed E-state index contributed by atoms with van der Waals surface area (Å²) in [6.45, 7) is 8.20. The van der Waals surface area contributed by atoms with E-state index in [4.69, 9.17) is 0 Å². The number of hydrogen-bond donors (Lipinski definition) is 1. The van der Waals surface area contributed by atoms with Gasteiger partial charge in [-0.3, -0.25) is 19.8 Å². The summed E-state index contributed by atoms with van der Waals surface area (Å²) >= 11 is 0. The van der Waals surface area contributed by atoms with E-state index in [2.05, 4.69) is 17.5 Å². The van der Waals surface area contributed by atoms with Gasteiger partial charge in [0.25, 0.3) is 0 Å². The third kappa shape index (κ3) is 2.01. The van der Waals surface area contributed by atoms with Gasteiger partial charge in [0.15, 0.2) is 10.8 Å². The van der Waals surface area contributed by atoms with Gasteiger partial charge in [0, 0.05) is 24.5 Å². The summed E-state index contributed by atoms with van der Waals surface area (Å²) in [6, 6.07) is 4.46. The molecule has 2 rings (SSSR count). The van der Waals surface area contributed by atoms with Crippen LogP contribution in [0.15, 0.2) is 0 Å². The van der Waals surface area contributed by atoms with Crippen LogP contribution in [0.25, 0.3) is 0 Å². The Bertz CT molecular complexity index is 573. The van der Waals surface area contributed by atoms with E-state index in [1.54, 1.807) is 6.92 Å². The minimum atomic E-state index is -1.38. The van der Waals surface area contributed by atoms with E-state index >= 15 is 0 Å². The molecule has 0 aromatic rings. The minimum absolute atomic E-state index is 0.0462. The third-order valence-electron chi connectivity index (χ3n) is 5.91. The second kappa shape index (κ2) is 5.62. The van der Waals surface area contributed by atoms with Crippen LogP contribution in [0.3, 0.4) is 0 Å². The smallest absolute Gasteiger partial charge is 0.249 e. The Morgan fingerprint density at radius 3 is 2.00 bits per heavy atom. The number of likely N-dealkylation sites (tertiary alicyclic amines) is 1. The SMILES string of the molecule is CCCCC1(C)C2(C#N)CN(C(C)C)CC1(C#N)C(=O)NC2=O. The van der Waals surface area contributed by atoms with Crippen molar-refractivity contribution in [1.29, 1.82) is 10.5 Å². The number of nitriles is 2. The van der Waals surface area contributed by atoms with E-state index in [0.717, 1.165) is 12.8 Å². The van der Waals surface area contributed by atoms with Crippen LogP contribution in [-0.2, 0) is 9.59 Å². The van der Waals surface area contributed by atoms with Crippen LogP contribution < -0.4 is 5.32 Å². The van der Waals surface area contributed by atoms with Gasteiger partial charge in [0.05, 0.1) is 12.1 Å². The molecule has 0 saturated carbocycles. The molecule has 2 atom stereocenters. The summed E-state index contributed by atoms with van der Waals surface area (Å²) in [6.07, 6.45) is 2.16. The summed E-state index contributed by atoms with van der Waals surface area (Å²) < 4.78 is 0. The molecule has 124 valence electrons. The van der Waals surface area contributed by atoms with E-state index in [-0.39, 0.29) is 19.1 Å². The summed E-state index contributed by atoms with van der Waals surface area (Å²) in [5, 5.41) is 22.2. The zero-order valence-corrected chi connectivity index (χ0v) is 14.3.